The number of aromatic hydroxyl groups is 1. The lowest BCUT2D eigenvalue weighted by atomic mass is 10.1. The molecule has 4 N–H and O–H groups in total. The molecule has 2 rings (SSSR count). The minimum atomic E-state index is 0.148. The number of phenols is 1. The number of aryl methyl sites for hydroxylation is 2. The number of fused-ring (bicyclic) bond motifs is 1. The Morgan fingerprint density at radius 1 is 1.31 bits per heavy atom. The third-order valence-electron chi connectivity index (χ3n) is 2.46. The van der Waals surface area contributed by atoms with Crippen molar-refractivity contribution in [2.24, 2.45) is 0 Å². The zero-order valence-corrected chi connectivity index (χ0v) is 7.68. The molecule has 0 saturated carbocycles. The van der Waals surface area contributed by atoms with Crippen molar-refractivity contribution in [1.82, 2.24) is 4.98 Å². The van der Waals surface area contributed by atoms with E-state index < -0.39 is 0 Å². The SMILES string of the molecule is Cc1[nH]c2cc(N)c(O)cc2c1C. The van der Waals surface area contributed by atoms with Crippen molar-refractivity contribution in [3.8, 4) is 5.75 Å². The third kappa shape index (κ3) is 1.04. The first-order chi connectivity index (χ1) is 6.09. The summed E-state index contributed by atoms with van der Waals surface area (Å²) in [6.07, 6.45) is 0. The average Bonchev–Trinajstić information content (AvgIpc) is 2.32. The van der Waals surface area contributed by atoms with Crippen LogP contribution in [0.15, 0.2) is 12.1 Å². The molecular weight excluding hydrogens is 164 g/mol. The highest BCUT2D eigenvalue weighted by Gasteiger charge is 2.06. The number of nitrogens with one attached hydrogen (secondary N) is 1. The molecule has 3 heteroatoms. The second kappa shape index (κ2) is 2.42. The van der Waals surface area contributed by atoms with Crippen molar-refractivity contribution in [2.45, 2.75) is 13.8 Å². The quantitative estimate of drug-likeness (QED) is 0.425. The van der Waals surface area contributed by atoms with Crippen LogP contribution in [0.25, 0.3) is 10.9 Å². The van der Waals surface area contributed by atoms with Crippen LogP contribution >= 0.6 is 0 Å². The standard InChI is InChI=1S/C10H12N2O/c1-5-6(2)12-9-4-8(11)10(13)3-7(5)9/h3-4,12-13H,11H2,1-2H3. The van der Waals surface area contributed by atoms with Crippen molar-refractivity contribution < 1.29 is 5.11 Å². The van der Waals surface area contributed by atoms with E-state index in [0.717, 1.165) is 22.2 Å². The van der Waals surface area contributed by atoms with Crippen LogP contribution in [0.5, 0.6) is 5.75 Å². The summed E-state index contributed by atoms with van der Waals surface area (Å²) in [7, 11) is 0. The van der Waals surface area contributed by atoms with Crippen LogP contribution in [-0.2, 0) is 0 Å². The molecule has 0 aliphatic rings. The highest BCUT2D eigenvalue weighted by molar-refractivity contribution is 5.89. The van der Waals surface area contributed by atoms with Gasteiger partial charge in [0.05, 0.1) is 5.69 Å². The Morgan fingerprint density at radius 3 is 2.69 bits per heavy atom. The molecule has 1 heterocycles. The molecule has 0 amide bonds. The number of aromatic nitrogens is 1. The minimum absolute atomic E-state index is 0.148. The van der Waals surface area contributed by atoms with Gasteiger partial charge in [0, 0.05) is 16.6 Å². The molecule has 1 aromatic heterocycles. The van der Waals surface area contributed by atoms with Gasteiger partial charge in [-0.3, -0.25) is 0 Å². The number of hydrogen-bond donors (Lipinski definition) is 3. The van der Waals surface area contributed by atoms with Crippen LogP contribution in [-0.4, -0.2) is 10.1 Å². The highest BCUT2D eigenvalue weighted by atomic mass is 16.3. The molecule has 0 unspecified atom stereocenters. The Labute approximate surface area is 76.2 Å². The summed E-state index contributed by atoms with van der Waals surface area (Å²) in [6, 6.07) is 3.45. The van der Waals surface area contributed by atoms with Crippen LogP contribution in [0.2, 0.25) is 0 Å². The minimum Gasteiger partial charge on any atom is -0.506 e. The predicted molar refractivity (Wildman–Crippen MR) is 53.8 cm³/mol. The number of H-pyrrole nitrogens is 1. The first-order valence-electron chi connectivity index (χ1n) is 4.17. The van der Waals surface area contributed by atoms with Gasteiger partial charge in [0.1, 0.15) is 5.75 Å². The maximum atomic E-state index is 9.41. The van der Waals surface area contributed by atoms with Gasteiger partial charge in [0.2, 0.25) is 0 Å². The van der Waals surface area contributed by atoms with Crippen molar-refractivity contribution in [2.75, 3.05) is 5.73 Å². The van der Waals surface area contributed by atoms with E-state index in [2.05, 4.69) is 4.98 Å². The van der Waals surface area contributed by atoms with Gasteiger partial charge < -0.3 is 15.8 Å². The predicted octanol–water partition coefficient (Wildman–Crippen LogP) is 2.07. The van der Waals surface area contributed by atoms with Crippen molar-refractivity contribution in [3.63, 3.8) is 0 Å². The van der Waals surface area contributed by atoms with Crippen LogP contribution < -0.4 is 5.73 Å². The summed E-state index contributed by atoms with van der Waals surface area (Å²) < 4.78 is 0. The summed E-state index contributed by atoms with van der Waals surface area (Å²) in [4.78, 5) is 3.20. The van der Waals surface area contributed by atoms with E-state index in [1.807, 2.05) is 13.8 Å². The number of phenolic OH excluding ortho intramolecular Hbond substituents is 1. The van der Waals surface area contributed by atoms with Gasteiger partial charge in [0.15, 0.2) is 0 Å². The first-order valence-corrected chi connectivity index (χ1v) is 4.17. The van der Waals surface area contributed by atoms with Gasteiger partial charge in [-0.15, -0.1) is 0 Å². The number of aromatic amines is 1. The third-order valence-corrected chi connectivity index (χ3v) is 2.46. The smallest absolute Gasteiger partial charge is 0.139 e. The lowest BCUT2D eigenvalue weighted by Crippen LogP contribution is -1.84. The summed E-state index contributed by atoms with van der Waals surface area (Å²) in [5.41, 5.74) is 9.23. The van der Waals surface area contributed by atoms with Crippen LogP contribution in [0.1, 0.15) is 11.3 Å². The zero-order valence-electron chi connectivity index (χ0n) is 7.68. The normalized spacial score (nSPS) is 10.9. The Bertz CT molecular complexity index is 471. The summed E-state index contributed by atoms with van der Waals surface area (Å²) >= 11 is 0. The molecule has 0 radical (unpaired) electrons. The van der Waals surface area contributed by atoms with E-state index in [1.165, 1.54) is 0 Å². The lowest BCUT2D eigenvalue weighted by Gasteiger charge is -1.98. The molecule has 0 aliphatic carbocycles. The van der Waals surface area contributed by atoms with E-state index >= 15 is 0 Å². The highest BCUT2D eigenvalue weighted by Crippen LogP contribution is 2.29. The Kier molecular flexibility index (Phi) is 1.49. The number of anilines is 1. The van der Waals surface area contributed by atoms with E-state index in [9.17, 15) is 5.11 Å². The molecule has 0 fully saturated rings. The van der Waals surface area contributed by atoms with Crippen LogP contribution in [0.3, 0.4) is 0 Å². The zero-order chi connectivity index (χ0) is 9.59. The molecule has 0 bridgehead atoms. The maximum absolute atomic E-state index is 9.41. The van der Waals surface area contributed by atoms with Gasteiger partial charge in [-0.05, 0) is 31.5 Å². The van der Waals surface area contributed by atoms with Crippen LogP contribution in [0.4, 0.5) is 5.69 Å². The summed E-state index contributed by atoms with van der Waals surface area (Å²) in [6.45, 7) is 4.02. The number of nitrogens with two attached hydrogens (primary N) is 1. The second-order valence-electron chi connectivity index (χ2n) is 3.33. The Hall–Kier alpha value is -1.64. The molecule has 68 valence electrons. The fraction of sp³-hybridized carbons (Fsp3) is 0.200. The molecular formula is C10H12N2O. The molecule has 13 heavy (non-hydrogen) atoms. The fourth-order valence-electron chi connectivity index (χ4n) is 1.52. The topological polar surface area (TPSA) is 62.0 Å². The number of rotatable bonds is 0. The monoisotopic (exact) mass is 176 g/mol. The second-order valence-corrected chi connectivity index (χ2v) is 3.33. The summed E-state index contributed by atoms with van der Waals surface area (Å²) in [5, 5.41) is 10.4. The molecule has 3 nitrogen and oxygen atoms in total. The molecule has 2 aromatic rings. The van der Waals surface area contributed by atoms with E-state index in [0.29, 0.717) is 5.69 Å². The van der Waals surface area contributed by atoms with Gasteiger partial charge in [-0.25, -0.2) is 0 Å². The van der Waals surface area contributed by atoms with E-state index in [4.69, 9.17) is 5.73 Å². The van der Waals surface area contributed by atoms with E-state index in [-0.39, 0.29) is 5.75 Å². The number of hydrogen-bond acceptors (Lipinski definition) is 2. The maximum Gasteiger partial charge on any atom is 0.139 e. The van der Waals surface area contributed by atoms with Gasteiger partial charge in [0.25, 0.3) is 0 Å². The largest absolute Gasteiger partial charge is 0.506 e. The van der Waals surface area contributed by atoms with E-state index in [1.54, 1.807) is 12.1 Å². The molecule has 0 atom stereocenters. The lowest BCUT2D eigenvalue weighted by molar-refractivity contribution is 0.479. The van der Waals surface area contributed by atoms with Crippen LogP contribution in [0, 0.1) is 13.8 Å². The van der Waals surface area contributed by atoms with Gasteiger partial charge in [-0.2, -0.15) is 0 Å². The molecule has 0 spiro atoms. The van der Waals surface area contributed by atoms with Gasteiger partial charge in [-0.1, -0.05) is 0 Å². The molecule has 0 saturated heterocycles. The fourth-order valence-corrected chi connectivity index (χ4v) is 1.52. The average molecular weight is 176 g/mol. The molecule has 0 aliphatic heterocycles. The van der Waals surface area contributed by atoms with Crippen molar-refractivity contribution >= 4 is 16.6 Å². The Balaban J connectivity index is 2.89. The summed E-state index contributed by atoms with van der Waals surface area (Å²) in [5.74, 6) is 0.148. The number of nitrogen functional groups attached to an aromatic ring is 1. The van der Waals surface area contributed by atoms with Crippen molar-refractivity contribution in [1.29, 1.82) is 0 Å². The first kappa shape index (κ1) is 7.98. The van der Waals surface area contributed by atoms with Crippen molar-refractivity contribution in [3.05, 3.63) is 23.4 Å². The molecule has 1 aromatic carbocycles. The van der Waals surface area contributed by atoms with Gasteiger partial charge >= 0.3 is 0 Å². The Morgan fingerprint density at radius 2 is 2.00 bits per heavy atom. The number of benzene rings is 1.